The van der Waals surface area contributed by atoms with E-state index in [-0.39, 0.29) is 16.6 Å². The summed E-state index contributed by atoms with van der Waals surface area (Å²) in [5, 5.41) is -7.55. The molecule has 0 amide bonds. The third-order valence-electron chi connectivity index (χ3n) is 3.09. The van der Waals surface area contributed by atoms with E-state index < -0.39 is 53.4 Å². The van der Waals surface area contributed by atoms with Gasteiger partial charge in [-0.25, -0.2) is 4.21 Å². The van der Waals surface area contributed by atoms with Crippen LogP contribution < -0.4 is 0 Å². The van der Waals surface area contributed by atoms with Crippen LogP contribution in [0.2, 0.25) is 0 Å². The molecule has 0 aliphatic rings. The standard InChI is InChI=1S/C11H4BrF12NO3S2/c12-5-1-3-6(4-2-5)29(26,11(22,23)24)25-30(27,28)10(20,21)8(15,16)7(13,14)9(17,18)19/h1-4H/t29-/m1/s1. The maximum Gasteiger partial charge on any atom is 0.484 e. The van der Waals surface area contributed by atoms with Crippen molar-refractivity contribution in [3.63, 3.8) is 0 Å². The van der Waals surface area contributed by atoms with Crippen LogP contribution in [0.4, 0.5) is 52.7 Å². The van der Waals surface area contributed by atoms with Crippen molar-refractivity contribution in [2.75, 3.05) is 0 Å². The Morgan fingerprint density at radius 1 is 0.700 bits per heavy atom. The van der Waals surface area contributed by atoms with E-state index in [0.717, 1.165) is 0 Å². The van der Waals surface area contributed by atoms with Crippen molar-refractivity contribution >= 4 is 35.7 Å². The highest BCUT2D eigenvalue weighted by Gasteiger charge is 2.85. The van der Waals surface area contributed by atoms with Crippen molar-refractivity contribution in [3.8, 4) is 0 Å². The zero-order chi connectivity index (χ0) is 24.2. The van der Waals surface area contributed by atoms with Gasteiger partial charge in [0, 0.05) is 4.47 Å². The van der Waals surface area contributed by atoms with E-state index in [9.17, 15) is 65.3 Å². The molecule has 0 saturated carbocycles. The van der Waals surface area contributed by atoms with E-state index in [2.05, 4.69) is 15.9 Å². The first-order valence-corrected chi connectivity index (χ1v) is 10.3. The third kappa shape index (κ3) is 4.11. The highest BCUT2D eigenvalue weighted by atomic mass is 79.9. The fraction of sp³-hybridized carbons (Fsp3) is 0.455. The Kier molecular flexibility index (Phi) is 6.63. The zero-order valence-electron chi connectivity index (χ0n) is 13.2. The van der Waals surface area contributed by atoms with E-state index in [1.54, 1.807) is 0 Å². The summed E-state index contributed by atoms with van der Waals surface area (Å²) in [6.45, 7) is 0. The minimum Gasteiger partial charge on any atom is -0.235 e. The molecule has 174 valence electrons. The van der Waals surface area contributed by atoms with Crippen LogP contribution in [0.15, 0.2) is 37.4 Å². The van der Waals surface area contributed by atoms with E-state index in [1.807, 2.05) is 0 Å². The second-order valence-corrected chi connectivity index (χ2v) is 10.1. The Labute approximate surface area is 167 Å². The van der Waals surface area contributed by atoms with Crippen LogP contribution in [0.1, 0.15) is 0 Å². The summed E-state index contributed by atoms with van der Waals surface area (Å²) in [5.41, 5.74) is -6.36. The number of nitrogens with zero attached hydrogens (tertiary/aromatic N) is 1. The van der Waals surface area contributed by atoms with Gasteiger partial charge in [-0.05, 0) is 24.3 Å². The largest absolute Gasteiger partial charge is 0.484 e. The maximum atomic E-state index is 13.6. The summed E-state index contributed by atoms with van der Waals surface area (Å²) in [6, 6.07) is 1.74. The highest BCUT2D eigenvalue weighted by Crippen LogP contribution is 2.55. The van der Waals surface area contributed by atoms with Crippen molar-refractivity contribution < 1.29 is 65.3 Å². The van der Waals surface area contributed by atoms with Crippen LogP contribution in [0.25, 0.3) is 0 Å². The number of rotatable bonds is 5. The first-order valence-electron chi connectivity index (χ1n) is 6.51. The van der Waals surface area contributed by atoms with Crippen LogP contribution >= 0.6 is 15.9 Å². The molecule has 30 heavy (non-hydrogen) atoms. The Bertz CT molecular complexity index is 1020. The fourth-order valence-electron chi connectivity index (χ4n) is 1.55. The zero-order valence-corrected chi connectivity index (χ0v) is 16.4. The van der Waals surface area contributed by atoms with Gasteiger partial charge in [0.15, 0.2) is 9.73 Å². The average Bonchev–Trinajstić information content (AvgIpc) is 2.52. The molecule has 0 saturated heterocycles. The molecule has 19 heteroatoms. The van der Waals surface area contributed by atoms with Crippen molar-refractivity contribution in [2.45, 2.75) is 33.7 Å². The van der Waals surface area contributed by atoms with Crippen LogP contribution in [0, 0.1) is 0 Å². The molecular formula is C11H4BrF12NO3S2. The monoisotopic (exact) mass is 569 g/mol. The lowest BCUT2D eigenvalue weighted by Crippen LogP contribution is -2.63. The second kappa shape index (κ2) is 7.42. The lowest BCUT2D eigenvalue weighted by atomic mass is 10.1. The van der Waals surface area contributed by atoms with Crippen LogP contribution in [-0.4, -0.2) is 41.4 Å². The summed E-state index contributed by atoms with van der Waals surface area (Å²) in [6.07, 6.45) is -7.44. The molecule has 4 nitrogen and oxygen atoms in total. The SMILES string of the molecule is O=S(=O)(N=[S@@](=O)(c1ccc(Br)cc1)C(F)(F)F)C(F)(F)C(F)(F)C(F)(F)C(F)(F)F. The first-order chi connectivity index (χ1) is 13.0. The lowest BCUT2D eigenvalue weighted by molar-refractivity contribution is -0.382. The van der Waals surface area contributed by atoms with Gasteiger partial charge in [0.2, 0.25) is 0 Å². The molecule has 0 aromatic heterocycles. The minimum atomic E-state index is -7.91. The van der Waals surface area contributed by atoms with E-state index in [1.165, 1.54) is 3.77 Å². The van der Waals surface area contributed by atoms with Gasteiger partial charge >= 0.3 is 38.8 Å². The van der Waals surface area contributed by atoms with Crippen molar-refractivity contribution in [1.29, 1.82) is 0 Å². The van der Waals surface area contributed by atoms with Crippen molar-refractivity contribution in [1.82, 2.24) is 0 Å². The molecule has 0 heterocycles. The number of alkyl halides is 12. The lowest BCUT2D eigenvalue weighted by Gasteiger charge is -2.32. The molecule has 0 radical (unpaired) electrons. The molecule has 1 aromatic carbocycles. The predicted octanol–water partition coefficient (Wildman–Crippen LogP) is 5.55. The molecule has 0 bridgehead atoms. The number of hydrogen-bond acceptors (Lipinski definition) is 3. The van der Waals surface area contributed by atoms with Crippen LogP contribution in [-0.2, 0) is 19.8 Å². The average molecular weight is 570 g/mol. The summed E-state index contributed by atoms with van der Waals surface area (Å²) in [7, 11) is -14.5. The Morgan fingerprint density at radius 3 is 1.43 bits per heavy atom. The van der Waals surface area contributed by atoms with Crippen LogP contribution in [0.3, 0.4) is 0 Å². The first kappa shape index (κ1) is 26.8. The normalized spacial score (nSPS) is 16.8. The van der Waals surface area contributed by atoms with E-state index in [0.29, 0.717) is 12.1 Å². The Balaban J connectivity index is 3.89. The van der Waals surface area contributed by atoms with Gasteiger partial charge in [-0.3, -0.25) is 0 Å². The Morgan fingerprint density at radius 2 is 1.10 bits per heavy atom. The van der Waals surface area contributed by atoms with Crippen LogP contribution in [0.5, 0.6) is 0 Å². The van der Waals surface area contributed by atoms with Gasteiger partial charge in [-0.1, -0.05) is 19.7 Å². The molecule has 0 aliphatic heterocycles. The molecule has 0 N–H and O–H groups in total. The third-order valence-corrected chi connectivity index (χ3v) is 7.69. The molecule has 1 aromatic rings. The quantitative estimate of drug-likeness (QED) is 0.437. The molecule has 0 aliphatic carbocycles. The van der Waals surface area contributed by atoms with Crippen molar-refractivity contribution in [2.24, 2.45) is 3.77 Å². The minimum absolute atomic E-state index is 0.0280. The van der Waals surface area contributed by atoms with Gasteiger partial charge in [-0.15, -0.1) is 0 Å². The summed E-state index contributed by atoms with van der Waals surface area (Å²) in [5.74, 6) is -15.5. The predicted molar refractivity (Wildman–Crippen MR) is 78.8 cm³/mol. The smallest absolute Gasteiger partial charge is 0.235 e. The van der Waals surface area contributed by atoms with Crippen molar-refractivity contribution in [3.05, 3.63) is 28.7 Å². The Hall–Kier alpha value is -1.24. The van der Waals surface area contributed by atoms with Gasteiger partial charge in [0.05, 0.1) is 4.90 Å². The van der Waals surface area contributed by atoms with Gasteiger partial charge in [0.25, 0.3) is 0 Å². The number of halogens is 13. The highest BCUT2D eigenvalue weighted by molar-refractivity contribution is 9.10. The van der Waals surface area contributed by atoms with Gasteiger partial charge in [0.1, 0.15) is 0 Å². The van der Waals surface area contributed by atoms with Gasteiger partial charge < -0.3 is 0 Å². The van der Waals surface area contributed by atoms with Gasteiger partial charge in [-0.2, -0.15) is 61.1 Å². The number of hydrogen-bond donors (Lipinski definition) is 0. The topological polar surface area (TPSA) is 63.6 Å². The second-order valence-electron chi connectivity index (χ2n) is 5.14. The summed E-state index contributed by atoms with van der Waals surface area (Å²) < 4.78 is 191. The van der Waals surface area contributed by atoms with E-state index >= 15 is 0 Å². The van der Waals surface area contributed by atoms with E-state index in [4.69, 9.17) is 0 Å². The molecular weight excluding hydrogens is 566 g/mol. The molecule has 0 unspecified atom stereocenters. The molecule has 1 atom stereocenters. The fourth-order valence-corrected chi connectivity index (χ4v) is 5.20. The summed E-state index contributed by atoms with van der Waals surface area (Å²) in [4.78, 5) is -1.69. The number of benzene rings is 1. The summed E-state index contributed by atoms with van der Waals surface area (Å²) >= 11 is 2.69. The maximum absolute atomic E-state index is 13.6. The molecule has 0 fully saturated rings. The molecule has 1 rings (SSSR count). The number of sulfonamides is 1. The molecule has 0 spiro atoms.